The summed E-state index contributed by atoms with van der Waals surface area (Å²) < 4.78 is 13.0. The van der Waals surface area contributed by atoms with Crippen LogP contribution < -0.4 is 0 Å². The molecule has 0 bridgehead atoms. The number of piperidine rings is 2. The van der Waals surface area contributed by atoms with Crippen LogP contribution in [0.4, 0.5) is 4.39 Å². The second kappa shape index (κ2) is 7.32. The van der Waals surface area contributed by atoms with Gasteiger partial charge >= 0.3 is 0 Å². The maximum Gasteiger partial charge on any atom is 0.253 e. The lowest BCUT2D eigenvalue weighted by Gasteiger charge is -2.36. The van der Waals surface area contributed by atoms with Crippen molar-refractivity contribution in [3.63, 3.8) is 0 Å². The number of nitrogens with zero attached hydrogens (tertiary/aromatic N) is 2. The molecule has 1 aromatic carbocycles. The lowest BCUT2D eigenvalue weighted by atomic mass is 9.92. The van der Waals surface area contributed by atoms with Crippen molar-refractivity contribution in [1.29, 1.82) is 0 Å². The zero-order valence-corrected chi connectivity index (χ0v) is 14.2. The van der Waals surface area contributed by atoms with Crippen molar-refractivity contribution in [2.75, 3.05) is 26.2 Å². The van der Waals surface area contributed by atoms with Gasteiger partial charge in [0.05, 0.1) is 0 Å². The van der Waals surface area contributed by atoms with Crippen LogP contribution in [0.3, 0.4) is 0 Å². The van der Waals surface area contributed by atoms with Crippen LogP contribution in [0.25, 0.3) is 0 Å². The lowest BCUT2D eigenvalue weighted by Crippen LogP contribution is -2.46. The number of likely N-dealkylation sites (tertiary alicyclic amines) is 2. The maximum atomic E-state index is 13.0. The van der Waals surface area contributed by atoms with Crippen molar-refractivity contribution in [3.8, 4) is 0 Å². The van der Waals surface area contributed by atoms with E-state index in [1.165, 1.54) is 24.3 Å². The summed E-state index contributed by atoms with van der Waals surface area (Å²) in [4.78, 5) is 28.8. The zero-order valence-electron chi connectivity index (χ0n) is 14.2. The summed E-state index contributed by atoms with van der Waals surface area (Å²) in [6, 6.07) is 5.65. The molecule has 2 aliphatic rings. The van der Waals surface area contributed by atoms with Gasteiger partial charge in [0.15, 0.2) is 0 Å². The van der Waals surface area contributed by atoms with Crippen LogP contribution in [-0.4, -0.2) is 47.8 Å². The maximum absolute atomic E-state index is 13.0. The van der Waals surface area contributed by atoms with Gasteiger partial charge in [0.25, 0.3) is 5.91 Å². The van der Waals surface area contributed by atoms with E-state index in [9.17, 15) is 14.0 Å². The Morgan fingerprint density at radius 1 is 0.917 bits per heavy atom. The molecule has 0 aliphatic carbocycles. The first-order chi connectivity index (χ1) is 11.5. The average molecular weight is 332 g/mol. The van der Waals surface area contributed by atoms with Gasteiger partial charge in [-0.1, -0.05) is 6.92 Å². The second-order valence-corrected chi connectivity index (χ2v) is 7.08. The summed E-state index contributed by atoms with van der Waals surface area (Å²) in [6.07, 6.45) is 3.62. The van der Waals surface area contributed by atoms with Crippen LogP contribution in [0.5, 0.6) is 0 Å². The Bertz CT molecular complexity index is 586. The van der Waals surface area contributed by atoms with Crippen molar-refractivity contribution in [2.45, 2.75) is 32.6 Å². The molecule has 0 unspecified atom stereocenters. The van der Waals surface area contributed by atoms with Crippen molar-refractivity contribution in [1.82, 2.24) is 9.80 Å². The van der Waals surface area contributed by atoms with Crippen LogP contribution >= 0.6 is 0 Å². The molecule has 2 heterocycles. The Morgan fingerprint density at radius 3 is 2.04 bits per heavy atom. The Hall–Kier alpha value is -1.91. The first-order valence-electron chi connectivity index (χ1n) is 8.88. The molecule has 2 aliphatic heterocycles. The highest BCUT2D eigenvalue weighted by Crippen LogP contribution is 2.24. The van der Waals surface area contributed by atoms with Gasteiger partial charge in [-0.2, -0.15) is 0 Å². The number of halogens is 1. The molecule has 1 aromatic rings. The molecule has 0 saturated carbocycles. The van der Waals surface area contributed by atoms with Crippen LogP contribution in [0, 0.1) is 17.7 Å². The van der Waals surface area contributed by atoms with E-state index >= 15 is 0 Å². The van der Waals surface area contributed by atoms with Gasteiger partial charge in [0, 0.05) is 37.7 Å². The number of carbonyl (C=O) groups is 2. The number of hydrogen-bond acceptors (Lipinski definition) is 2. The lowest BCUT2D eigenvalue weighted by molar-refractivity contribution is -0.138. The van der Waals surface area contributed by atoms with Crippen LogP contribution in [-0.2, 0) is 4.79 Å². The molecular formula is C19H25FN2O2. The van der Waals surface area contributed by atoms with Crippen molar-refractivity contribution in [3.05, 3.63) is 35.6 Å². The first-order valence-corrected chi connectivity index (χ1v) is 8.88. The first kappa shape index (κ1) is 16.9. The molecular weight excluding hydrogens is 307 g/mol. The number of hydrogen-bond donors (Lipinski definition) is 0. The minimum absolute atomic E-state index is 0.0377. The number of amides is 2. The molecule has 0 aromatic heterocycles. The van der Waals surface area contributed by atoms with E-state index in [1.54, 1.807) is 4.90 Å². The summed E-state index contributed by atoms with van der Waals surface area (Å²) in [7, 11) is 0. The van der Waals surface area contributed by atoms with Crippen LogP contribution in [0.1, 0.15) is 43.0 Å². The molecule has 5 heteroatoms. The van der Waals surface area contributed by atoms with E-state index in [-0.39, 0.29) is 23.5 Å². The molecule has 0 N–H and O–H groups in total. The Balaban J connectivity index is 1.52. The molecule has 130 valence electrons. The number of carbonyl (C=O) groups excluding carboxylic acids is 2. The van der Waals surface area contributed by atoms with Gasteiger partial charge in [-0.25, -0.2) is 4.39 Å². The highest BCUT2D eigenvalue weighted by atomic mass is 19.1. The van der Waals surface area contributed by atoms with Crippen molar-refractivity contribution in [2.24, 2.45) is 11.8 Å². The summed E-state index contributed by atoms with van der Waals surface area (Å²) >= 11 is 0. The predicted octanol–water partition coefficient (Wildman–Crippen LogP) is 2.94. The van der Waals surface area contributed by atoms with Crippen LogP contribution in [0.15, 0.2) is 24.3 Å². The Kier molecular flexibility index (Phi) is 5.17. The molecule has 0 spiro atoms. The Labute approximate surface area is 142 Å². The molecule has 3 rings (SSSR count). The molecule has 0 atom stereocenters. The fraction of sp³-hybridized carbons (Fsp3) is 0.579. The van der Waals surface area contributed by atoms with Gasteiger partial charge in [-0.15, -0.1) is 0 Å². The minimum atomic E-state index is -0.341. The SMILES string of the molecule is CC1CCN(C(=O)C2CCN(C(=O)c3ccc(F)cc3)CC2)CC1. The third-order valence-corrected chi connectivity index (χ3v) is 5.32. The predicted molar refractivity (Wildman–Crippen MR) is 90.0 cm³/mol. The van der Waals surface area contributed by atoms with E-state index in [1.807, 2.05) is 4.90 Å². The Morgan fingerprint density at radius 2 is 1.46 bits per heavy atom. The summed E-state index contributed by atoms with van der Waals surface area (Å²) in [5, 5.41) is 0. The molecule has 24 heavy (non-hydrogen) atoms. The third-order valence-electron chi connectivity index (χ3n) is 5.32. The molecule has 2 saturated heterocycles. The summed E-state index contributed by atoms with van der Waals surface area (Å²) in [5.41, 5.74) is 0.506. The molecule has 0 radical (unpaired) electrons. The summed E-state index contributed by atoms with van der Waals surface area (Å²) in [6.45, 7) is 5.17. The fourth-order valence-electron chi connectivity index (χ4n) is 3.59. The van der Waals surface area contributed by atoms with E-state index in [0.717, 1.165) is 38.8 Å². The van der Waals surface area contributed by atoms with Crippen LogP contribution in [0.2, 0.25) is 0 Å². The van der Waals surface area contributed by atoms with Gasteiger partial charge in [0.2, 0.25) is 5.91 Å². The van der Waals surface area contributed by atoms with Gasteiger partial charge in [-0.3, -0.25) is 9.59 Å². The topological polar surface area (TPSA) is 40.6 Å². The third kappa shape index (κ3) is 3.77. The smallest absolute Gasteiger partial charge is 0.253 e. The average Bonchev–Trinajstić information content (AvgIpc) is 2.62. The largest absolute Gasteiger partial charge is 0.342 e. The summed E-state index contributed by atoms with van der Waals surface area (Å²) in [5.74, 6) is 0.593. The van der Waals surface area contributed by atoms with Gasteiger partial charge in [-0.05, 0) is 55.9 Å². The molecule has 2 fully saturated rings. The van der Waals surface area contributed by atoms with E-state index < -0.39 is 0 Å². The quantitative estimate of drug-likeness (QED) is 0.835. The number of benzene rings is 1. The van der Waals surface area contributed by atoms with Crippen molar-refractivity contribution < 1.29 is 14.0 Å². The monoisotopic (exact) mass is 332 g/mol. The second-order valence-electron chi connectivity index (χ2n) is 7.08. The minimum Gasteiger partial charge on any atom is -0.342 e. The van der Waals surface area contributed by atoms with E-state index in [2.05, 4.69) is 6.92 Å². The normalized spacial score (nSPS) is 20.2. The van der Waals surface area contributed by atoms with Gasteiger partial charge < -0.3 is 9.80 Å². The van der Waals surface area contributed by atoms with E-state index in [0.29, 0.717) is 24.6 Å². The molecule has 2 amide bonds. The standard InChI is InChI=1S/C19H25FN2O2/c1-14-6-10-21(11-7-14)19(24)16-8-12-22(13-9-16)18(23)15-2-4-17(20)5-3-15/h2-5,14,16H,6-13H2,1H3. The van der Waals surface area contributed by atoms with Gasteiger partial charge in [0.1, 0.15) is 5.82 Å². The highest BCUT2D eigenvalue weighted by molar-refractivity contribution is 5.94. The molecule has 4 nitrogen and oxygen atoms in total. The number of rotatable bonds is 2. The van der Waals surface area contributed by atoms with E-state index in [4.69, 9.17) is 0 Å². The van der Waals surface area contributed by atoms with Crippen molar-refractivity contribution >= 4 is 11.8 Å². The zero-order chi connectivity index (χ0) is 17.1. The highest BCUT2D eigenvalue weighted by Gasteiger charge is 2.31. The fourth-order valence-corrected chi connectivity index (χ4v) is 3.59.